The van der Waals surface area contributed by atoms with Gasteiger partial charge in [-0.2, -0.15) is 0 Å². The smallest absolute Gasteiger partial charge is 0.348 e. The second kappa shape index (κ2) is 7.73. The molecule has 2 rings (SSSR count). The first-order valence-electron chi connectivity index (χ1n) is 6.95. The van der Waals surface area contributed by atoms with Gasteiger partial charge in [-0.1, -0.05) is 6.07 Å². The van der Waals surface area contributed by atoms with Gasteiger partial charge in [0, 0.05) is 6.07 Å². The predicted molar refractivity (Wildman–Crippen MR) is 85.5 cm³/mol. The summed E-state index contributed by atoms with van der Waals surface area (Å²) in [5.41, 5.74) is 0.731. The van der Waals surface area contributed by atoms with Gasteiger partial charge in [0.1, 0.15) is 16.4 Å². The molecule has 0 radical (unpaired) electrons. The first-order valence-corrected chi connectivity index (χ1v) is 7.77. The second-order valence-electron chi connectivity index (χ2n) is 4.64. The number of ether oxygens (including phenoxy) is 2. The van der Waals surface area contributed by atoms with Gasteiger partial charge >= 0.3 is 5.97 Å². The van der Waals surface area contributed by atoms with Crippen LogP contribution in [0.2, 0.25) is 0 Å². The number of esters is 1. The zero-order chi connectivity index (χ0) is 16.8. The van der Waals surface area contributed by atoms with E-state index in [2.05, 4.69) is 5.32 Å². The lowest BCUT2D eigenvalue weighted by molar-refractivity contribution is -0.118. The molecule has 7 heteroatoms. The van der Waals surface area contributed by atoms with E-state index in [-0.39, 0.29) is 12.4 Å². The molecule has 122 valence electrons. The van der Waals surface area contributed by atoms with E-state index in [1.807, 2.05) is 0 Å². The Morgan fingerprint density at radius 2 is 2.09 bits per heavy atom. The summed E-state index contributed by atoms with van der Waals surface area (Å²) in [7, 11) is 0. The monoisotopic (exact) mass is 337 g/mol. The van der Waals surface area contributed by atoms with Gasteiger partial charge in [-0.3, -0.25) is 4.79 Å². The summed E-state index contributed by atoms with van der Waals surface area (Å²) < 4.78 is 23.1. The highest BCUT2D eigenvalue weighted by Gasteiger charge is 2.16. The summed E-state index contributed by atoms with van der Waals surface area (Å²) in [6.45, 7) is 3.53. The van der Waals surface area contributed by atoms with Crippen molar-refractivity contribution in [3.63, 3.8) is 0 Å². The van der Waals surface area contributed by atoms with E-state index in [4.69, 9.17) is 9.47 Å². The van der Waals surface area contributed by atoms with Crippen molar-refractivity contribution >= 4 is 28.2 Å². The van der Waals surface area contributed by atoms with Crippen molar-refractivity contribution in [1.82, 2.24) is 0 Å². The highest BCUT2D eigenvalue weighted by molar-refractivity contribution is 7.18. The molecule has 0 fully saturated rings. The van der Waals surface area contributed by atoms with Crippen molar-refractivity contribution in [1.29, 1.82) is 0 Å². The van der Waals surface area contributed by atoms with Crippen molar-refractivity contribution < 1.29 is 23.5 Å². The van der Waals surface area contributed by atoms with Crippen molar-refractivity contribution in [3.05, 3.63) is 46.6 Å². The van der Waals surface area contributed by atoms with Crippen molar-refractivity contribution in [2.24, 2.45) is 0 Å². The summed E-state index contributed by atoms with van der Waals surface area (Å²) in [5, 5.41) is 3.16. The number of thiophene rings is 1. The number of carbonyl (C=O) groups excluding carboxylic acids is 2. The Bertz CT molecular complexity index is 714. The zero-order valence-corrected chi connectivity index (χ0v) is 13.5. The van der Waals surface area contributed by atoms with E-state index >= 15 is 0 Å². The summed E-state index contributed by atoms with van der Waals surface area (Å²) >= 11 is 1.14. The van der Waals surface area contributed by atoms with Crippen LogP contribution in [0.1, 0.15) is 22.2 Å². The molecule has 0 bridgehead atoms. The molecule has 0 unspecified atom stereocenters. The third-order valence-corrected chi connectivity index (χ3v) is 3.94. The fourth-order valence-electron chi connectivity index (χ4n) is 1.82. The highest BCUT2D eigenvalue weighted by atomic mass is 32.1. The SMILES string of the molecule is CCOC(=O)c1sc(NC(=O)COc2cccc(F)c2)cc1C. The van der Waals surface area contributed by atoms with Crippen LogP contribution in [0.15, 0.2) is 30.3 Å². The Labute approximate surface area is 137 Å². The number of amides is 1. The van der Waals surface area contributed by atoms with Crippen molar-refractivity contribution in [3.8, 4) is 5.75 Å². The van der Waals surface area contributed by atoms with Crippen LogP contribution in [0.4, 0.5) is 9.39 Å². The Morgan fingerprint density at radius 1 is 1.30 bits per heavy atom. The molecule has 1 heterocycles. The van der Waals surface area contributed by atoms with Gasteiger partial charge < -0.3 is 14.8 Å². The minimum atomic E-state index is -0.434. The topological polar surface area (TPSA) is 64.6 Å². The first-order chi connectivity index (χ1) is 11.0. The fourth-order valence-corrected chi connectivity index (χ4v) is 2.80. The van der Waals surface area contributed by atoms with Gasteiger partial charge in [-0.15, -0.1) is 11.3 Å². The lowest BCUT2D eigenvalue weighted by Crippen LogP contribution is -2.19. The largest absolute Gasteiger partial charge is 0.484 e. The Kier molecular flexibility index (Phi) is 5.70. The van der Waals surface area contributed by atoms with Crippen LogP contribution in [0, 0.1) is 12.7 Å². The molecule has 2 aromatic rings. The molecule has 0 aliphatic rings. The molecule has 1 amide bonds. The van der Waals surface area contributed by atoms with Crippen LogP contribution in [0.5, 0.6) is 5.75 Å². The molecule has 0 atom stereocenters. The summed E-state index contributed by atoms with van der Waals surface area (Å²) in [5.74, 6) is -0.969. The van der Waals surface area contributed by atoms with E-state index in [1.54, 1.807) is 26.0 Å². The van der Waals surface area contributed by atoms with Crippen molar-refractivity contribution in [2.75, 3.05) is 18.5 Å². The number of benzene rings is 1. The molecule has 0 saturated heterocycles. The average Bonchev–Trinajstić information content (AvgIpc) is 2.86. The van der Waals surface area contributed by atoms with E-state index in [0.717, 1.165) is 16.9 Å². The van der Waals surface area contributed by atoms with Crippen LogP contribution >= 0.6 is 11.3 Å². The molecular weight excluding hydrogens is 321 g/mol. The summed E-state index contributed by atoms with van der Waals surface area (Å²) in [6, 6.07) is 7.23. The minimum absolute atomic E-state index is 0.255. The number of aryl methyl sites for hydroxylation is 1. The third kappa shape index (κ3) is 4.79. The number of hydrogen-bond donors (Lipinski definition) is 1. The van der Waals surface area contributed by atoms with Gasteiger partial charge in [0.2, 0.25) is 0 Å². The van der Waals surface area contributed by atoms with E-state index in [0.29, 0.717) is 16.5 Å². The highest BCUT2D eigenvalue weighted by Crippen LogP contribution is 2.27. The summed E-state index contributed by atoms with van der Waals surface area (Å²) in [6.07, 6.45) is 0. The number of anilines is 1. The maximum Gasteiger partial charge on any atom is 0.348 e. The van der Waals surface area contributed by atoms with Crippen molar-refractivity contribution in [2.45, 2.75) is 13.8 Å². The maximum absolute atomic E-state index is 13.0. The lowest BCUT2D eigenvalue weighted by Gasteiger charge is -2.06. The molecule has 23 heavy (non-hydrogen) atoms. The predicted octanol–water partition coefficient (Wildman–Crippen LogP) is 3.39. The molecule has 5 nitrogen and oxygen atoms in total. The zero-order valence-electron chi connectivity index (χ0n) is 12.7. The molecule has 1 aromatic heterocycles. The quantitative estimate of drug-likeness (QED) is 0.821. The number of carbonyl (C=O) groups is 2. The van der Waals surface area contributed by atoms with Crippen LogP contribution in [0.3, 0.4) is 0 Å². The standard InChI is InChI=1S/C16H16FNO4S/c1-3-21-16(20)15-10(2)7-14(23-15)18-13(19)9-22-12-6-4-5-11(17)8-12/h4-8H,3,9H2,1-2H3,(H,18,19). The molecule has 0 saturated carbocycles. The van der Waals surface area contributed by atoms with Crippen LogP contribution in [-0.2, 0) is 9.53 Å². The molecule has 1 N–H and O–H groups in total. The Hall–Kier alpha value is -2.41. The Balaban J connectivity index is 1.93. The van der Waals surface area contributed by atoms with Crippen LogP contribution in [0.25, 0.3) is 0 Å². The second-order valence-corrected chi connectivity index (χ2v) is 5.69. The molecular formula is C16H16FNO4S. The van der Waals surface area contributed by atoms with Gasteiger partial charge in [-0.05, 0) is 37.6 Å². The lowest BCUT2D eigenvalue weighted by atomic mass is 10.3. The van der Waals surface area contributed by atoms with Gasteiger partial charge in [0.15, 0.2) is 6.61 Å². The molecule has 0 aliphatic heterocycles. The number of halogens is 1. The van der Waals surface area contributed by atoms with Gasteiger partial charge in [0.25, 0.3) is 5.91 Å². The normalized spacial score (nSPS) is 10.2. The minimum Gasteiger partial charge on any atom is -0.484 e. The summed E-state index contributed by atoms with van der Waals surface area (Å²) in [4.78, 5) is 24.0. The van der Waals surface area contributed by atoms with Gasteiger partial charge in [-0.25, -0.2) is 9.18 Å². The van der Waals surface area contributed by atoms with Crippen LogP contribution in [-0.4, -0.2) is 25.1 Å². The van der Waals surface area contributed by atoms with Gasteiger partial charge in [0.05, 0.1) is 11.6 Å². The number of hydrogen-bond acceptors (Lipinski definition) is 5. The van der Waals surface area contributed by atoms with E-state index in [1.165, 1.54) is 18.2 Å². The number of nitrogens with one attached hydrogen (secondary N) is 1. The van der Waals surface area contributed by atoms with Crippen LogP contribution < -0.4 is 10.1 Å². The molecule has 0 spiro atoms. The maximum atomic E-state index is 13.0. The first kappa shape index (κ1) is 17.0. The number of rotatable bonds is 6. The Morgan fingerprint density at radius 3 is 2.78 bits per heavy atom. The third-order valence-electron chi connectivity index (χ3n) is 2.81. The van der Waals surface area contributed by atoms with E-state index in [9.17, 15) is 14.0 Å². The fraction of sp³-hybridized carbons (Fsp3) is 0.250. The molecule has 0 aliphatic carbocycles. The molecule has 1 aromatic carbocycles. The van der Waals surface area contributed by atoms with E-state index < -0.39 is 17.7 Å². The average molecular weight is 337 g/mol.